The van der Waals surface area contributed by atoms with Gasteiger partial charge in [-0.1, -0.05) is 37.6 Å². The minimum Gasteiger partial charge on any atom is -0.493 e. The van der Waals surface area contributed by atoms with Crippen LogP contribution in [-0.4, -0.2) is 20.1 Å². The van der Waals surface area contributed by atoms with Crippen molar-refractivity contribution < 1.29 is 9.50 Å². The maximum Gasteiger partial charge on any atom is 0.258 e. The van der Waals surface area contributed by atoms with Crippen molar-refractivity contribution in [1.29, 1.82) is 0 Å². The van der Waals surface area contributed by atoms with E-state index in [0.717, 1.165) is 29.5 Å². The van der Waals surface area contributed by atoms with Crippen molar-refractivity contribution in [3.8, 4) is 17.0 Å². The van der Waals surface area contributed by atoms with Crippen molar-refractivity contribution in [2.45, 2.75) is 39.5 Å². The molecule has 0 aliphatic rings. The first-order chi connectivity index (χ1) is 13.0. The fraction of sp³-hybridized carbons (Fsp3) is 0.286. The first kappa shape index (κ1) is 18.8. The minimum absolute atomic E-state index is 0.227. The van der Waals surface area contributed by atoms with Crippen LogP contribution in [0.15, 0.2) is 41.2 Å². The van der Waals surface area contributed by atoms with Crippen molar-refractivity contribution in [3.63, 3.8) is 0 Å². The van der Waals surface area contributed by atoms with Crippen molar-refractivity contribution >= 4 is 0 Å². The minimum atomic E-state index is -0.516. The highest BCUT2D eigenvalue weighted by atomic mass is 19.1. The predicted molar refractivity (Wildman–Crippen MR) is 102 cm³/mol. The number of halogens is 1. The number of nitrogens with one attached hydrogen (secondary N) is 1. The second-order valence-electron chi connectivity index (χ2n) is 6.56. The fourth-order valence-electron chi connectivity index (χ4n) is 3.04. The number of hydrogen-bond acceptors (Lipinski definition) is 4. The van der Waals surface area contributed by atoms with Crippen molar-refractivity contribution in [2.75, 3.05) is 0 Å². The molecule has 0 spiro atoms. The van der Waals surface area contributed by atoms with E-state index < -0.39 is 5.95 Å². The van der Waals surface area contributed by atoms with Crippen LogP contribution in [0, 0.1) is 12.9 Å². The molecule has 0 aliphatic heterocycles. The van der Waals surface area contributed by atoms with Crippen LogP contribution in [0.4, 0.5) is 4.39 Å². The van der Waals surface area contributed by atoms with Gasteiger partial charge in [-0.3, -0.25) is 4.79 Å². The van der Waals surface area contributed by atoms with Gasteiger partial charge in [-0.2, -0.15) is 4.39 Å². The molecule has 0 fully saturated rings. The lowest BCUT2D eigenvalue weighted by Gasteiger charge is -2.09. The Balaban J connectivity index is 1.90. The molecule has 3 rings (SSSR count). The van der Waals surface area contributed by atoms with Gasteiger partial charge in [-0.05, 0) is 36.6 Å². The molecule has 140 valence electrons. The van der Waals surface area contributed by atoms with Gasteiger partial charge >= 0.3 is 0 Å². The number of aromatic hydroxyl groups is 1. The number of nitrogens with zero attached hydrogens (tertiary/aromatic N) is 2. The SMILES string of the molecule is CCCCc1nc(O)c(Cc2cccc(-c3ccc(F)nc3C)c2)c(=O)[nH]1. The lowest BCUT2D eigenvalue weighted by atomic mass is 9.99. The average Bonchev–Trinajstić information content (AvgIpc) is 2.63. The summed E-state index contributed by atoms with van der Waals surface area (Å²) in [6.07, 6.45) is 2.77. The highest BCUT2D eigenvalue weighted by Crippen LogP contribution is 2.25. The van der Waals surface area contributed by atoms with E-state index in [0.29, 0.717) is 17.9 Å². The number of unbranched alkanes of at least 4 members (excludes halogenated alkanes) is 1. The van der Waals surface area contributed by atoms with E-state index in [2.05, 4.69) is 21.9 Å². The maximum absolute atomic E-state index is 13.2. The summed E-state index contributed by atoms with van der Waals surface area (Å²) in [6, 6.07) is 10.6. The second-order valence-corrected chi connectivity index (χ2v) is 6.56. The number of aromatic amines is 1. The van der Waals surface area contributed by atoms with E-state index in [-0.39, 0.29) is 23.4 Å². The molecule has 0 saturated carbocycles. The summed E-state index contributed by atoms with van der Waals surface area (Å²) in [5.41, 5.74) is 3.06. The first-order valence-corrected chi connectivity index (χ1v) is 9.01. The Labute approximate surface area is 157 Å². The van der Waals surface area contributed by atoms with Gasteiger partial charge in [0.05, 0.1) is 5.56 Å². The van der Waals surface area contributed by atoms with E-state index in [1.165, 1.54) is 6.07 Å². The second kappa shape index (κ2) is 8.12. The molecule has 1 aromatic carbocycles. The van der Waals surface area contributed by atoms with Gasteiger partial charge in [-0.15, -0.1) is 0 Å². The molecule has 2 aromatic heterocycles. The summed E-state index contributed by atoms with van der Waals surface area (Å²) < 4.78 is 13.2. The van der Waals surface area contributed by atoms with E-state index in [9.17, 15) is 14.3 Å². The zero-order chi connectivity index (χ0) is 19.4. The molecule has 6 heteroatoms. The fourth-order valence-corrected chi connectivity index (χ4v) is 3.04. The third kappa shape index (κ3) is 4.39. The summed E-state index contributed by atoms with van der Waals surface area (Å²) >= 11 is 0. The van der Waals surface area contributed by atoms with Gasteiger partial charge in [0.25, 0.3) is 5.56 Å². The molecule has 0 amide bonds. The standard InChI is InChI=1S/C21H22FN3O2/c1-3-4-8-19-24-20(26)17(21(27)25-19)12-14-6-5-7-15(11-14)16-9-10-18(22)23-13(16)2/h5-7,9-11H,3-4,8,12H2,1-2H3,(H2,24,25,26,27). The molecule has 2 N–H and O–H groups in total. The lowest BCUT2D eigenvalue weighted by molar-refractivity contribution is 0.440. The van der Waals surface area contributed by atoms with Gasteiger partial charge in [0.2, 0.25) is 11.8 Å². The number of benzene rings is 1. The van der Waals surface area contributed by atoms with Crippen molar-refractivity contribution in [2.24, 2.45) is 0 Å². The molecular weight excluding hydrogens is 345 g/mol. The van der Waals surface area contributed by atoms with E-state index in [1.807, 2.05) is 24.3 Å². The Kier molecular flexibility index (Phi) is 5.64. The molecule has 0 bridgehead atoms. The van der Waals surface area contributed by atoms with Crippen LogP contribution >= 0.6 is 0 Å². The Morgan fingerprint density at radius 2 is 2.00 bits per heavy atom. The lowest BCUT2D eigenvalue weighted by Crippen LogP contribution is -2.17. The number of rotatable bonds is 6. The Bertz CT molecular complexity index is 1010. The van der Waals surface area contributed by atoms with Crippen LogP contribution in [0.3, 0.4) is 0 Å². The summed E-state index contributed by atoms with van der Waals surface area (Å²) in [4.78, 5) is 23.1. The van der Waals surface area contributed by atoms with Crippen LogP contribution in [0.5, 0.6) is 5.88 Å². The first-order valence-electron chi connectivity index (χ1n) is 9.01. The Morgan fingerprint density at radius 3 is 2.70 bits per heavy atom. The van der Waals surface area contributed by atoms with Crippen LogP contribution in [0.1, 0.15) is 42.4 Å². The smallest absolute Gasteiger partial charge is 0.258 e. The molecule has 0 radical (unpaired) electrons. The van der Waals surface area contributed by atoms with E-state index in [1.54, 1.807) is 13.0 Å². The van der Waals surface area contributed by atoms with Crippen LogP contribution in [0.25, 0.3) is 11.1 Å². The number of pyridine rings is 1. The number of hydrogen-bond donors (Lipinski definition) is 2. The van der Waals surface area contributed by atoms with Gasteiger partial charge in [-0.25, -0.2) is 9.97 Å². The predicted octanol–water partition coefficient (Wildman–Crippen LogP) is 3.92. The summed E-state index contributed by atoms with van der Waals surface area (Å²) in [5, 5.41) is 10.2. The Morgan fingerprint density at radius 1 is 1.19 bits per heavy atom. The topological polar surface area (TPSA) is 78.9 Å². The monoisotopic (exact) mass is 367 g/mol. The third-order valence-corrected chi connectivity index (χ3v) is 4.48. The third-order valence-electron chi connectivity index (χ3n) is 4.48. The van der Waals surface area contributed by atoms with Gasteiger partial charge in [0.15, 0.2) is 0 Å². The van der Waals surface area contributed by atoms with Crippen LogP contribution < -0.4 is 5.56 Å². The molecule has 5 nitrogen and oxygen atoms in total. The number of H-pyrrole nitrogens is 1. The molecule has 27 heavy (non-hydrogen) atoms. The molecular formula is C21H22FN3O2. The summed E-state index contributed by atoms with van der Waals surface area (Å²) in [5.74, 6) is -0.238. The zero-order valence-corrected chi connectivity index (χ0v) is 15.4. The molecule has 0 atom stereocenters. The molecule has 0 aliphatic carbocycles. The number of aromatic nitrogens is 3. The molecule has 2 heterocycles. The van der Waals surface area contributed by atoms with Crippen LogP contribution in [-0.2, 0) is 12.8 Å². The highest BCUT2D eigenvalue weighted by molar-refractivity contribution is 5.66. The van der Waals surface area contributed by atoms with Crippen molar-refractivity contribution in [1.82, 2.24) is 15.0 Å². The quantitative estimate of drug-likeness (QED) is 0.647. The number of aryl methyl sites for hydroxylation is 2. The zero-order valence-electron chi connectivity index (χ0n) is 15.4. The summed E-state index contributed by atoms with van der Waals surface area (Å²) in [6.45, 7) is 3.80. The van der Waals surface area contributed by atoms with Crippen molar-refractivity contribution in [3.05, 3.63) is 75.3 Å². The molecule has 0 saturated heterocycles. The van der Waals surface area contributed by atoms with Gasteiger partial charge in [0, 0.05) is 24.1 Å². The molecule has 3 aromatic rings. The molecule has 0 unspecified atom stereocenters. The highest BCUT2D eigenvalue weighted by Gasteiger charge is 2.12. The van der Waals surface area contributed by atoms with Crippen LogP contribution in [0.2, 0.25) is 0 Å². The Hall–Kier alpha value is -3.02. The largest absolute Gasteiger partial charge is 0.493 e. The van der Waals surface area contributed by atoms with E-state index >= 15 is 0 Å². The van der Waals surface area contributed by atoms with E-state index in [4.69, 9.17) is 0 Å². The maximum atomic E-state index is 13.2. The van der Waals surface area contributed by atoms with Gasteiger partial charge < -0.3 is 10.1 Å². The average molecular weight is 367 g/mol. The summed E-state index contributed by atoms with van der Waals surface area (Å²) in [7, 11) is 0. The van der Waals surface area contributed by atoms with Gasteiger partial charge in [0.1, 0.15) is 5.82 Å². The normalized spacial score (nSPS) is 10.9.